The molecule has 1 aromatic carbocycles. The molecule has 2 nitrogen and oxygen atoms in total. The van der Waals surface area contributed by atoms with Gasteiger partial charge in [0.05, 0.1) is 0 Å². The quantitative estimate of drug-likeness (QED) is 0.874. The predicted molar refractivity (Wildman–Crippen MR) is 79.3 cm³/mol. The highest BCUT2D eigenvalue weighted by atomic mass is 15.1. The van der Waals surface area contributed by atoms with Gasteiger partial charge in [0.25, 0.3) is 0 Å². The van der Waals surface area contributed by atoms with Crippen LogP contribution in [0.2, 0.25) is 0 Å². The van der Waals surface area contributed by atoms with Crippen LogP contribution in [-0.2, 0) is 0 Å². The van der Waals surface area contributed by atoms with Crippen LogP contribution in [0.1, 0.15) is 45.1 Å². The Morgan fingerprint density at radius 1 is 1.28 bits per heavy atom. The summed E-state index contributed by atoms with van der Waals surface area (Å²) in [5.74, 6) is 0.581. The highest BCUT2D eigenvalue weighted by molar-refractivity contribution is 5.53. The zero-order chi connectivity index (χ0) is 13.1. The molecular formula is C16H26N2. The number of piperidine rings is 1. The van der Waals surface area contributed by atoms with Gasteiger partial charge in [0.15, 0.2) is 0 Å². The van der Waals surface area contributed by atoms with Gasteiger partial charge < -0.3 is 10.2 Å². The van der Waals surface area contributed by atoms with Crippen molar-refractivity contribution < 1.29 is 0 Å². The largest absolute Gasteiger partial charge is 0.382 e. The molecule has 0 radical (unpaired) electrons. The molecule has 1 heterocycles. The Kier molecular flexibility index (Phi) is 4.28. The molecule has 0 aliphatic carbocycles. The fourth-order valence-electron chi connectivity index (χ4n) is 2.77. The van der Waals surface area contributed by atoms with E-state index >= 15 is 0 Å². The van der Waals surface area contributed by atoms with Crippen molar-refractivity contribution in [2.45, 2.75) is 51.6 Å². The standard InChI is InChI=1S/C16H26N2/c1-12(2)15-7-5-6-8-16(15)17-14-9-10-18(4)13(3)11-14/h5-8,12-14,17H,9-11H2,1-4H3. The maximum absolute atomic E-state index is 3.76. The van der Waals surface area contributed by atoms with E-state index in [-0.39, 0.29) is 0 Å². The van der Waals surface area contributed by atoms with Gasteiger partial charge in [0, 0.05) is 24.3 Å². The normalized spacial score (nSPS) is 25.4. The molecule has 1 aromatic rings. The monoisotopic (exact) mass is 246 g/mol. The number of likely N-dealkylation sites (tertiary alicyclic amines) is 1. The Morgan fingerprint density at radius 2 is 2.00 bits per heavy atom. The number of anilines is 1. The van der Waals surface area contributed by atoms with Crippen molar-refractivity contribution in [1.29, 1.82) is 0 Å². The maximum atomic E-state index is 3.76. The van der Waals surface area contributed by atoms with Crippen molar-refractivity contribution in [2.75, 3.05) is 18.9 Å². The molecule has 0 spiro atoms. The average molecular weight is 246 g/mol. The van der Waals surface area contributed by atoms with Gasteiger partial charge in [-0.15, -0.1) is 0 Å². The van der Waals surface area contributed by atoms with E-state index in [1.165, 1.54) is 30.6 Å². The Hall–Kier alpha value is -1.02. The fraction of sp³-hybridized carbons (Fsp3) is 0.625. The first-order valence-electron chi connectivity index (χ1n) is 7.13. The van der Waals surface area contributed by atoms with Crippen molar-refractivity contribution in [2.24, 2.45) is 0 Å². The Morgan fingerprint density at radius 3 is 2.67 bits per heavy atom. The maximum Gasteiger partial charge on any atom is 0.0377 e. The molecule has 0 amide bonds. The van der Waals surface area contributed by atoms with E-state index in [0.29, 0.717) is 18.0 Å². The van der Waals surface area contributed by atoms with E-state index in [2.05, 4.69) is 62.3 Å². The molecule has 0 saturated carbocycles. The summed E-state index contributed by atoms with van der Waals surface area (Å²) in [5.41, 5.74) is 2.76. The van der Waals surface area contributed by atoms with Crippen molar-refractivity contribution in [3.8, 4) is 0 Å². The van der Waals surface area contributed by atoms with Gasteiger partial charge in [-0.05, 0) is 44.4 Å². The summed E-state index contributed by atoms with van der Waals surface area (Å²) in [6.07, 6.45) is 2.48. The summed E-state index contributed by atoms with van der Waals surface area (Å²) < 4.78 is 0. The van der Waals surface area contributed by atoms with E-state index in [4.69, 9.17) is 0 Å². The molecule has 1 aliphatic rings. The van der Waals surface area contributed by atoms with Crippen LogP contribution in [-0.4, -0.2) is 30.6 Å². The molecule has 1 fully saturated rings. The molecule has 2 atom stereocenters. The number of hydrogen-bond acceptors (Lipinski definition) is 2. The smallest absolute Gasteiger partial charge is 0.0377 e. The van der Waals surface area contributed by atoms with Gasteiger partial charge in [-0.25, -0.2) is 0 Å². The third kappa shape index (κ3) is 3.05. The lowest BCUT2D eigenvalue weighted by molar-refractivity contribution is 0.190. The van der Waals surface area contributed by atoms with Gasteiger partial charge in [0.2, 0.25) is 0 Å². The van der Waals surface area contributed by atoms with Gasteiger partial charge in [0.1, 0.15) is 0 Å². The fourth-order valence-corrected chi connectivity index (χ4v) is 2.77. The SMILES string of the molecule is CC(C)c1ccccc1NC1CCN(C)C(C)C1. The summed E-state index contributed by atoms with van der Waals surface area (Å²) in [7, 11) is 2.23. The molecular weight excluding hydrogens is 220 g/mol. The molecule has 1 N–H and O–H groups in total. The highest BCUT2D eigenvalue weighted by Gasteiger charge is 2.23. The second kappa shape index (κ2) is 5.75. The van der Waals surface area contributed by atoms with Gasteiger partial charge >= 0.3 is 0 Å². The Bertz CT molecular complexity index is 386. The molecule has 100 valence electrons. The number of rotatable bonds is 3. The zero-order valence-electron chi connectivity index (χ0n) is 12.1. The summed E-state index contributed by atoms with van der Waals surface area (Å²) in [5, 5.41) is 3.76. The summed E-state index contributed by atoms with van der Waals surface area (Å²) in [4.78, 5) is 2.45. The van der Waals surface area contributed by atoms with Crippen LogP contribution in [0.25, 0.3) is 0 Å². The summed E-state index contributed by atoms with van der Waals surface area (Å²) in [6, 6.07) is 10.0. The second-order valence-corrected chi connectivity index (χ2v) is 5.94. The summed E-state index contributed by atoms with van der Waals surface area (Å²) >= 11 is 0. The highest BCUT2D eigenvalue weighted by Crippen LogP contribution is 2.26. The Balaban J connectivity index is 2.06. The van der Waals surface area contributed by atoms with Crippen LogP contribution in [0, 0.1) is 0 Å². The number of nitrogens with one attached hydrogen (secondary N) is 1. The minimum absolute atomic E-state index is 0.581. The van der Waals surface area contributed by atoms with E-state index in [9.17, 15) is 0 Å². The average Bonchev–Trinajstić information content (AvgIpc) is 2.34. The van der Waals surface area contributed by atoms with Gasteiger partial charge in [-0.1, -0.05) is 32.0 Å². The van der Waals surface area contributed by atoms with E-state index in [0.717, 1.165) is 0 Å². The zero-order valence-corrected chi connectivity index (χ0v) is 12.1. The summed E-state index contributed by atoms with van der Waals surface area (Å²) in [6.45, 7) is 8.04. The molecule has 1 aliphatic heterocycles. The van der Waals surface area contributed by atoms with Crippen LogP contribution in [0.3, 0.4) is 0 Å². The third-order valence-corrected chi connectivity index (χ3v) is 4.15. The predicted octanol–water partition coefficient (Wildman–Crippen LogP) is 3.70. The van der Waals surface area contributed by atoms with Crippen LogP contribution < -0.4 is 5.32 Å². The lowest BCUT2D eigenvalue weighted by atomic mass is 9.96. The number of para-hydroxylation sites is 1. The number of hydrogen-bond donors (Lipinski definition) is 1. The van der Waals surface area contributed by atoms with Crippen molar-refractivity contribution >= 4 is 5.69 Å². The van der Waals surface area contributed by atoms with E-state index in [1.807, 2.05) is 0 Å². The molecule has 1 saturated heterocycles. The first-order valence-corrected chi connectivity index (χ1v) is 7.13. The second-order valence-electron chi connectivity index (χ2n) is 5.94. The van der Waals surface area contributed by atoms with E-state index < -0.39 is 0 Å². The van der Waals surface area contributed by atoms with Crippen LogP contribution in [0.4, 0.5) is 5.69 Å². The topological polar surface area (TPSA) is 15.3 Å². The van der Waals surface area contributed by atoms with Crippen LogP contribution in [0.15, 0.2) is 24.3 Å². The van der Waals surface area contributed by atoms with E-state index in [1.54, 1.807) is 0 Å². The molecule has 0 bridgehead atoms. The lowest BCUT2D eigenvalue weighted by Gasteiger charge is -2.36. The van der Waals surface area contributed by atoms with Gasteiger partial charge in [-0.2, -0.15) is 0 Å². The molecule has 2 rings (SSSR count). The first kappa shape index (κ1) is 13.4. The molecule has 18 heavy (non-hydrogen) atoms. The first-order chi connectivity index (χ1) is 8.58. The van der Waals surface area contributed by atoms with Crippen LogP contribution >= 0.6 is 0 Å². The molecule has 0 aromatic heterocycles. The van der Waals surface area contributed by atoms with Crippen molar-refractivity contribution in [3.05, 3.63) is 29.8 Å². The molecule has 2 unspecified atom stereocenters. The minimum Gasteiger partial charge on any atom is -0.382 e. The number of benzene rings is 1. The minimum atomic E-state index is 0.581. The Labute approximate surface area is 111 Å². The molecule has 2 heteroatoms. The van der Waals surface area contributed by atoms with Crippen LogP contribution in [0.5, 0.6) is 0 Å². The van der Waals surface area contributed by atoms with Crippen molar-refractivity contribution in [1.82, 2.24) is 4.90 Å². The number of nitrogens with zero attached hydrogens (tertiary/aromatic N) is 1. The van der Waals surface area contributed by atoms with Gasteiger partial charge in [-0.3, -0.25) is 0 Å². The van der Waals surface area contributed by atoms with Crippen molar-refractivity contribution in [3.63, 3.8) is 0 Å². The lowest BCUT2D eigenvalue weighted by Crippen LogP contribution is -2.42. The third-order valence-electron chi connectivity index (χ3n) is 4.15.